The van der Waals surface area contributed by atoms with Gasteiger partial charge in [-0.15, -0.1) is 0 Å². The Morgan fingerprint density at radius 1 is 1.05 bits per heavy atom. The SMILES string of the molecule is Cc1cc(-c2noc(N)c2-c2ccncc2)ccn1. The summed E-state index contributed by atoms with van der Waals surface area (Å²) in [5, 5.41) is 4.06. The summed E-state index contributed by atoms with van der Waals surface area (Å²) in [5.74, 6) is 0.302. The van der Waals surface area contributed by atoms with Gasteiger partial charge in [0.15, 0.2) is 0 Å². The van der Waals surface area contributed by atoms with Crippen molar-refractivity contribution in [1.29, 1.82) is 0 Å². The van der Waals surface area contributed by atoms with Gasteiger partial charge in [0.25, 0.3) is 0 Å². The summed E-state index contributed by atoms with van der Waals surface area (Å²) in [6.07, 6.45) is 5.17. The maximum atomic E-state index is 5.88. The molecule has 19 heavy (non-hydrogen) atoms. The number of nitrogen functional groups attached to an aromatic ring is 1. The Morgan fingerprint density at radius 3 is 2.53 bits per heavy atom. The number of nitrogens with two attached hydrogens (primary N) is 1. The minimum Gasteiger partial charge on any atom is -0.367 e. The van der Waals surface area contributed by atoms with Crippen LogP contribution in [0.15, 0.2) is 47.4 Å². The summed E-state index contributed by atoms with van der Waals surface area (Å²) in [6.45, 7) is 1.93. The maximum Gasteiger partial charge on any atom is 0.230 e. The fourth-order valence-electron chi connectivity index (χ4n) is 1.99. The second-order valence-electron chi connectivity index (χ2n) is 4.19. The molecule has 2 N–H and O–H groups in total. The molecule has 3 heterocycles. The third kappa shape index (κ3) is 2.06. The Kier molecular flexibility index (Phi) is 2.72. The summed E-state index contributed by atoms with van der Waals surface area (Å²) in [7, 11) is 0. The van der Waals surface area contributed by atoms with E-state index in [1.807, 2.05) is 31.2 Å². The molecule has 0 aliphatic carbocycles. The number of rotatable bonds is 2. The van der Waals surface area contributed by atoms with Crippen molar-refractivity contribution in [1.82, 2.24) is 15.1 Å². The molecule has 3 aromatic rings. The van der Waals surface area contributed by atoms with Crippen LogP contribution in [0.25, 0.3) is 22.4 Å². The van der Waals surface area contributed by atoms with Crippen LogP contribution in [0.1, 0.15) is 5.69 Å². The van der Waals surface area contributed by atoms with Crippen LogP contribution in [-0.4, -0.2) is 15.1 Å². The Labute approximate surface area is 110 Å². The molecule has 0 atom stereocenters. The average molecular weight is 252 g/mol. The fraction of sp³-hybridized carbons (Fsp3) is 0.0714. The Balaban J connectivity index is 2.19. The third-order valence-corrected chi connectivity index (χ3v) is 2.86. The largest absolute Gasteiger partial charge is 0.367 e. The molecule has 0 bridgehead atoms. The highest BCUT2D eigenvalue weighted by Crippen LogP contribution is 2.35. The molecule has 5 nitrogen and oxygen atoms in total. The van der Waals surface area contributed by atoms with Gasteiger partial charge in [-0.2, -0.15) is 0 Å². The van der Waals surface area contributed by atoms with Crippen molar-refractivity contribution < 1.29 is 4.52 Å². The van der Waals surface area contributed by atoms with E-state index in [0.717, 1.165) is 22.4 Å². The van der Waals surface area contributed by atoms with E-state index in [-0.39, 0.29) is 0 Å². The van der Waals surface area contributed by atoms with Gasteiger partial charge < -0.3 is 10.3 Å². The summed E-state index contributed by atoms with van der Waals surface area (Å²) in [5.41, 5.74) is 10.2. The summed E-state index contributed by atoms with van der Waals surface area (Å²) >= 11 is 0. The van der Waals surface area contributed by atoms with Gasteiger partial charge in [0.1, 0.15) is 5.69 Å². The van der Waals surface area contributed by atoms with Crippen LogP contribution in [0.5, 0.6) is 0 Å². The Bertz CT molecular complexity index is 706. The molecule has 3 aromatic heterocycles. The van der Waals surface area contributed by atoms with Crippen LogP contribution in [0.4, 0.5) is 5.88 Å². The molecule has 0 spiro atoms. The number of pyridine rings is 2. The number of nitrogens with zero attached hydrogens (tertiary/aromatic N) is 3. The minimum absolute atomic E-state index is 0.302. The normalized spacial score (nSPS) is 10.6. The minimum atomic E-state index is 0.302. The predicted molar refractivity (Wildman–Crippen MR) is 72.1 cm³/mol. The van der Waals surface area contributed by atoms with Gasteiger partial charge in [0, 0.05) is 29.8 Å². The molecule has 94 valence electrons. The summed E-state index contributed by atoms with van der Waals surface area (Å²) < 4.78 is 5.13. The predicted octanol–water partition coefficient (Wildman–Crippen LogP) is 2.69. The van der Waals surface area contributed by atoms with E-state index < -0.39 is 0 Å². The van der Waals surface area contributed by atoms with Crippen molar-refractivity contribution in [2.24, 2.45) is 0 Å². The molecule has 0 aliphatic heterocycles. The quantitative estimate of drug-likeness (QED) is 0.758. The number of hydrogen-bond acceptors (Lipinski definition) is 5. The monoisotopic (exact) mass is 252 g/mol. The van der Waals surface area contributed by atoms with E-state index in [2.05, 4.69) is 15.1 Å². The molecular formula is C14H12N4O. The van der Waals surface area contributed by atoms with E-state index in [4.69, 9.17) is 10.3 Å². The first-order valence-corrected chi connectivity index (χ1v) is 5.84. The van der Waals surface area contributed by atoms with Crippen LogP contribution in [0.3, 0.4) is 0 Å². The van der Waals surface area contributed by atoms with Crippen molar-refractivity contribution in [3.05, 3.63) is 48.5 Å². The lowest BCUT2D eigenvalue weighted by molar-refractivity contribution is 0.439. The smallest absolute Gasteiger partial charge is 0.230 e. The first-order valence-electron chi connectivity index (χ1n) is 5.84. The van der Waals surface area contributed by atoms with Gasteiger partial charge in [-0.25, -0.2) is 0 Å². The number of aromatic nitrogens is 3. The average Bonchev–Trinajstić information content (AvgIpc) is 2.82. The Morgan fingerprint density at radius 2 is 1.79 bits per heavy atom. The fourth-order valence-corrected chi connectivity index (χ4v) is 1.99. The molecular weight excluding hydrogens is 240 g/mol. The second-order valence-corrected chi connectivity index (χ2v) is 4.19. The van der Waals surface area contributed by atoms with Crippen molar-refractivity contribution >= 4 is 5.88 Å². The van der Waals surface area contributed by atoms with Gasteiger partial charge in [0.05, 0.1) is 5.56 Å². The highest BCUT2D eigenvalue weighted by molar-refractivity contribution is 5.86. The third-order valence-electron chi connectivity index (χ3n) is 2.86. The van der Waals surface area contributed by atoms with Crippen LogP contribution in [0.2, 0.25) is 0 Å². The number of hydrogen-bond donors (Lipinski definition) is 1. The van der Waals surface area contributed by atoms with E-state index in [1.54, 1.807) is 18.6 Å². The molecule has 0 fully saturated rings. The van der Waals surface area contributed by atoms with Gasteiger partial charge in [0.2, 0.25) is 5.88 Å². The first kappa shape index (κ1) is 11.4. The van der Waals surface area contributed by atoms with Crippen molar-refractivity contribution in [2.45, 2.75) is 6.92 Å². The zero-order valence-electron chi connectivity index (χ0n) is 10.4. The molecule has 0 saturated carbocycles. The molecule has 0 aromatic carbocycles. The van der Waals surface area contributed by atoms with E-state index >= 15 is 0 Å². The zero-order valence-corrected chi connectivity index (χ0v) is 10.4. The highest BCUT2D eigenvalue weighted by Gasteiger charge is 2.17. The molecule has 5 heteroatoms. The standard InChI is InChI=1S/C14H12N4O/c1-9-8-11(4-7-17-9)13-12(14(15)19-18-13)10-2-5-16-6-3-10/h2-8H,15H2,1H3. The lowest BCUT2D eigenvalue weighted by atomic mass is 10.0. The van der Waals surface area contributed by atoms with Crippen molar-refractivity contribution in [3.63, 3.8) is 0 Å². The molecule has 0 saturated heterocycles. The molecule has 0 aliphatic rings. The van der Waals surface area contributed by atoms with Crippen LogP contribution in [-0.2, 0) is 0 Å². The lowest BCUT2D eigenvalue weighted by Crippen LogP contribution is -1.89. The zero-order chi connectivity index (χ0) is 13.2. The molecule has 0 unspecified atom stereocenters. The van der Waals surface area contributed by atoms with Gasteiger partial charge in [-0.3, -0.25) is 9.97 Å². The van der Waals surface area contributed by atoms with Crippen LogP contribution in [0, 0.1) is 6.92 Å². The van der Waals surface area contributed by atoms with E-state index in [1.165, 1.54) is 0 Å². The topological polar surface area (TPSA) is 77.8 Å². The molecule has 0 radical (unpaired) electrons. The number of anilines is 1. The lowest BCUT2D eigenvalue weighted by Gasteiger charge is -2.02. The van der Waals surface area contributed by atoms with E-state index in [9.17, 15) is 0 Å². The summed E-state index contributed by atoms with van der Waals surface area (Å²) in [4.78, 5) is 8.17. The van der Waals surface area contributed by atoms with Gasteiger partial charge in [-0.1, -0.05) is 5.16 Å². The van der Waals surface area contributed by atoms with Gasteiger partial charge in [-0.05, 0) is 36.8 Å². The Hall–Kier alpha value is -2.69. The molecule has 0 amide bonds. The highest BCUT2D eigenvalue weighted by atomic mass is 16.5. The second kappa shape index (κ2) is 4.53. The van der Waals surface area contributed by atoms with Crippen molar-refractivity contribution in [2.75, 3.05) is 5.73 Å². The van der Waals surface area contributed by atoms with Crippen LogP contribution >= 0.6 is 0 Å². The molecule has 3 rings (SSSR count). The maximum absolute atomic E-state index is 5.88. The van der Waals surface area contributed by atoms with Crippen molar-refractivity contribution in [3.8, 4) is 22.4 Å². The number of aryl methyl sites for hydroxylation is 1. The summed E-state index contributed by atoms with van der Waals surface area (Å²) in [6, 6.07) is 7.58. The van der Waals surface area contributed by atoms with Crippen LogP contribution < -0.4 is 5.73 Å². The van der Waals surface area contributed by atoms with Gasteiger partial charge >= 0.3 is 0 Å². The van der Waals surface area contributed by atoms with E-state index in [0.29, 0.717) is 11.6 Å². The first-order chi connectivity index (χ1) is 9.25.